The Hall–Kier alpha value is -3.35. The molecule has 0 bridgehead atoms. The molecule has 0 aliphatic carbocycles. The van der Waals surface area contributed by atoms with Gasteiger partial charge in [0.2, 0.25) is 0 Å². The monoisotopic (exact) mass is 420 g/mol. The molecule has 1 N–H and O–H groups in total. The molecule has 0 radical (unpaired) electrons. The summed E-state index contributed by atoms with van der Waals surface area (Å²) < 4.78 is 7.22. The van der Waals surface area contributed by atoms with Crippen molar-refractivity contribution in [1.82, 2.24) is 20.0 Å². The molecule has 1 saturated heterocycles. The number of piperidine rings is 1. The van der Waals surface area contributed by atoms with Crippen LogP contribution in [-0.2, 0) is 6.54 Å². The first-order valence-electron chi connectivity index (χ1n) is 10.6. The molecule has 1 aliphatic heterocycles. The maximum absolute atomic E-state index is 13.0. The lowest BCUT2D eigenvalue weighted by Gasteiger charge is -2.32. The largest absolute Gasteiger partial charge is 0.459 e. The smallest absolute Gasteiger partial charge is 0.287 e. The van der Waals surface area contributed by atoms with Gasteiger partial charge >= 0.3 is 0 Å². The van der Waals surface area contributed by atoms with Crippen molar-refractivity contribution in [3.05, 3.63) is 76.5 Å². The average molecular weight is 421 g/mol. The first kappa shape index (κ1) is 20.9. The minimum atomic E-state index is -0.191. The van der Waals surface area contributed by atoms with E-state index in [1.807, 2.05) is 60.7 Å². The number of nitrogens with one attached hydrogen (secondary N) is 1. The standard InChI is InChI=1S/C24H28N4O3/c1-16-9-12-31-22(16)23(29)25-21-7-10-27(11-8-21)24(30)20-6-4-5-19(14-20)15-28-18(3)13-17(2)26-28/h4-6,9,12-14,21H,7-8,10-11,15H2,1-3H3,(H,25,29). The van der Waals surface area contributed by atoms with Gasteiger partial charge in [-0.15, -0.1) is 0 Å². The Labute approximate surface area is 182 Å². The van der Waals surface area contributed by atoms with Crippen LogP contribution >= 0.6 is 0 Å². The number of aromatic nitrogens is 2. The van der Waals surface area contributed by atoms with E-state index in [-0.39, 0.29) is 17.9 Å². The zero-order valence-corrected chi connectivity index (χ0v) is 18.2. The van der Waals surface area contributed by atoms with E-state index in [2.05, 4.69) is 10.4 Å². The molecule has 1 aliphatic rings. The van der Waals surface area contributed by atoms with E-state index in [0.717, 1.165) is 35.4 Å². The number of carbonyl (C=O) groups excluding carboxylic acids is 2. The molecule has 0 atom stereocenters. The highest BCUT2D eigenvalue weighted by Crippen LogP contribution is 2.17. The number of hydrogen-bond acceptors (Lipinski definition) is 4. The van der Waals surface area contributed by atoms with Gasteiger partial charge in [0.15, 0.2) is 5.76 Å². The molecule has 2 amide bonds. The maximum Gasteiger partial charge on any atom is 0.287 e. The van der Waals surface area contributed by atoms with Crippen LogP contribution in [0.3, 0.4) is 0 Å². The third kappa shape index (κ3) is 4.71. The van der Waals surface area contributed by atoms with E-state index in [9.17, 15) is 9.59 Å². The lowest BCUT2D eigenvalue weighted by Crippen LogP contribution is -2.46. The van der Waals surface area contributed by atoms with Gasteiger partial charge in [-0.3, -0.25) is 14.3 Å². The summed E-state index contributed by atoms with van der Waals surface area (Å²) in [5.41, 5.74) is 4.65. The Morgan fingerprint density at radius 1 is 1.13 bits per heavy atom. The highest BCUT2D eigenvalue weighted by Gasteiger charge is 2.26. The second kappa shape index (κ2) is 8.79. The lowest BCUT2D eigenvalue weighted by atomic mass is 10.0. The third-order valence-electron chi connectivity index (χ3n) is 5.80. The zero-order valence-electron chi connectivity index (χ0n) is 18.2. The van der Waals surface area contributed by atoms with E-state index in [0.29, 0.717) is 31.0 Å². The number of furan rings is 1. The highest BCUT2D eigenvalue weighted by molar-refractivity contribution is 5.95. The summed E-state index contributed by atoms with van der Waals surface area (Å²) >= 11 is 0. The number of likely N-dealkylation sites (tertiary alicyclic amines) is 1. The van der Waals surface area contributed by atoms with Gasteiger partial charge < -0.3 is 14.6 Å². The summed E-state index contributed by atoms with van der Waals surface area (Å²) in [6, 6.07) is 11.6. The van der Waals surface area contributed by atoms with E-state index < -0.39 is 0 Å². The van der Waals surface area contributed by atoms with Gasteiger partial charge in [-0.05, 0) is 63.4 Å². The molecule has 0 saturated carbocycles. The fourth-order valence-electron chi connectivity index (χ4n) is 4.08. The van der Waals surface area contributed by atoms with E-state index >= 15 is 0 Å². The fraction of sp³-hybridized carbons (Fsp3) is 0.375. The number of carbonyl (C=O) groups is 2. The summed E-state index contributed by atoms with van der Waals surface area (Å²) in [6.45, 7) is 7.73. The Morgan fingerprint density at radius 2 is 1.90 bits per heavy atom. The molecule has 7 nitrogen and oxygen atoms in total. The number of rotatable bonds is 5. The van der Waals surface area contributed by atoms with Crippen LogP contribution in [-0.4, -0.2) is 45.6 Å². The SMILES string of the molecule is Cc1cc(C)n(Cc2cccc(C(=O)N3CCC(NC(=O)c4occc4C)CC3)c2)n1. The number of amides is 2. The van der Waals surface area contributed by atoms with Crippen molar-refractivity contribution in [2.45, 2.75) is 46.2 Å². The second-order valence-electron chi connectivity index (χ2n) is 8.26. The van der Waals surface area contributed by atoms with Crippen LogP contribution in [0.2, 0.25) is 0 Å². The molecule has 0 unspecified atom stereocenters. The van der Waals surface area contributed by atoms with Crippen LogP contribution in [0.15, 0.2) is 47.1 Å². The summed E-state index contributed by atoms with van der Waals surface area (Å²) in [5.74, 6) is 0.198. The van der Waals surface area contributed by atoms with Gasteiger partial charge in [-0.2, -0.15) is 5.10 Å². The number of nitrogens with zero attached hydrogens (tertiary/aromatic N) is 3. The molecule has 7 heteroatoms. The van der Waals surface area contributed by atoms with Gasteiger partial charge in [0.05, 0.1) is 18.5 Å². The maximum atomic E-state index is 13.0. The summed E-state index contributed by atoms with van der Waals surface area (Å²) in [6.07, 6.45) is 2.97. The summed E-state index contributed by atoms with van der Waals surface area (Å²) in [7, 11) is 0. The predicted octanol–water partition coefficient (Wildman–Crippen LogP) is 3.48. The summed E-state index contributed by atoms with van der Waals surface area (Å²) in [4.78, 5) is 27.3. The topological polar surface area (TPSA) is 80.4 Å². The molecule has 0 spiro atoms. The molecule has 1 aromatic carbocycles. The Bertz CT molecular complexity index is 1090. The average Bonchev–Trinajstić information content (AvgIpc) is 3.32. The van der Waals surface area contributed by atoms with E-state index in [4.69, 9.17) is 4.42 Å². The van der Waals surface area contributed by atoms with Crippen LogP contribution in [0.4, 0.5) is 0 Å². The van der Waals surface area contributed by atoms with E-state index in [1.165, 1.54) is 6.26 Å². The van der Waals surface area contributed by atoms with Crippen LogP contribution < -0.4 is 5.32 Å². The number of aryl methyl sites for hydroxylation is 3. The normalized spacial score (nSPS) is 14.6. The van der Waals surface area contributed by atoms with Crippen molar-refractivity contribution in [3.8, 4) is 0 Å². The molecule has 4 rings (SSSR count). The molecular weight excluding hydrogens is 392 g/mol. The van der Waals surface area contributed by atoms with Crippen molar-refractivity contribution in [3.63, 3.8) is 0 Å². The van der Waals surface area contributed by atoms with Crippen molar-refractivity contribution in [1.29, 1.82) is 0 Å². The second-order valence-corrected chi connectivity index (χ2v) is 8.26. The van der Waals surface area contributed by atoms with Crippen LogP contribution in [0.1, 0.15) is 56.3 Å². The van der Waals surface area contributed by atoms with E-state index in [1.54, 1.807) is 6.07 Å². The van der Waals surface area contributed by atoms with Crippen LogP contribution in [0, 0.1) is 20.8 Å². The van der Waals surface area contributed by atoms with Gasteiger partial charge in [0.25, 0.3) is 11.8 Å². The number of benzene rings is 1. The Morgan fingerprint density at radius 3 is 2.55 bits per heavy atom. The molecule has 2 aromatic heterocycles. The quantitative estimate of drug-likeness (QED) is 0.685. The molecule has 31 heavy (non-hydrogen) atoms. The molecule has 3 aromatic rings. The van der Waals surface area contributed by atoms with Gasteiger partial charge in [-0.1, -0.05) is 12.1 Å². The van der Waals surface area contributed by atoms with Crippen molar-refractivity contribution in [2.24, 2.45) is 0 Å². The minimum absolute atomic E-state index is 0.0295. The lowest BCUT2D eigenvalue weighted by molar-refractivity contribution is 0.0695. The summed E-state index contributed by atoms with van der Waals surface area (Å²) in [5, 5.41) is 7.53. The van der Waals surface area contributed by atoms with Crippen molar-refractivity contribution >= 4 is 11.8 Å². The highest BCUT2D eigenvalue weighted by atomic mass is 16.3. The Kier molecular flexibility index (Phi) is 5.93. The van der Waals surface area contributed by atoms with Crippen molar-refractivity contribution in [2.75, 3.05) is 13.1 Å². The van der Waals surface area contributed by atoms with Gasteiger partial charge in [-0.25, -0.2) is 0 Å². The van der Waals surface area contributed by atoms with Gasteiger partial charge in [0, 0.05) is 36.0 Å². The zero-order chi connectivity index (χ0) is 22.0. The van der Waals surface area contributed by atoms with Crippen molar-refractivity contribution < 1.29 is 14.0 Å². The number of hydrogen-bond donors (Lipinski definition) is 1. The molecule has 1 fully saturated rings. The van der Waals surface area contributed by atoms with Gasteiger partial charge in [0.1, 0.15) is 0 Å². The fourth-order valence-corrected chi connectivity index (χ4v) is 4.08. The first-order valence-corrected chi connectivity index (χ1v) is 10.6. The third-order valence-corrected chi connectivity index (χ3v) is 5.80. The minimum Gasteiger partial charge on any atom is -0.459 e. The molecular formula is C24H28N4O3. The molecule has 3 heterocycles. The predicted molar refractivity (Wildman–Crippen MR) is 117 cm³/mol. The molecule has 162 valence electrons. The first-order chi connectivity index (χ1) is 14.9. The Balaban J connectivity index is 1.35. The van der Waals surface area contributed by atoms with Crippen LogP contribution in [0.5, 0.6) is 0 Å². The van der Waals surface area contributed by atoms with Crippen LogP contribution in [0.25, 0.3) is 0 Å².